The molecule has 0 bridgehead atoms. The zero-order valence-corrected chi connectivity index (χ0v) is 12.3. The molecule has 0 fully saturated rings. The molecule has 2 aromatic rings. The zero-order chi connectivity index (χ0) is 15.2. The van der Waals surface area contributed by atoms with Crippen LogP contribution in [0.5, 0.6) is 6.01 Å². The lowest BCUT2D eigenvalue weighted by molar-refractivity contribution is 0.312. The molecule has 0 radical (unpaired) electrons. The average molecular weight is 305 g/mol. The van der Waals surface area contributed by atoms with Gasteiger partial charge in [0.2, 0.25) is 11.9 Å². The highest BCUT2D eigenvalue weighted by molar-refractivity contribution is 6.33. The molecule has 0 amide bonds. The van der Waals surface area contributed by atoms with Crippen molar-refractivity contribution in [3.63, 3.8) is 0 Å². The summed E-state index contributed by atoms with van der Waals surface area (Å²) in [6, 6.07) is 7.12. The molecule has 1 heterocycles. The number of hydrogen-bond donors (Lipinski definition) is 2. The van der Waals surface area contributed by atoms with E-state index in [0.717, 1.165) is 0 Å². The Labute approximate surface area is 127 Å². The zero-order valence-electron chi connectivity index (χ0n) is 11.5. The van der Waals surface area contributed by atoms with Crippen LogP contribution in [0.3, 0.4) is 0 Å². The van der Waals surface area contributed by atoms with Crippen LogP contribution in [0, 0.1) is 11.3 Å². The van der Waals surface area contributed by atoms with Crippen LogP contribution in [0.1, 0.15) is 12.5 Å². The molecule has 8 heteroatoms. The van der Waals surface area contributed by atoms with Crippen LogP contribution < -0.4 is 15.4 Å². The van der Waals surface area contributed by atoms with Crippen molar-refractivity contribution < 1.29 is 4.74 Å². The molecule has 0 saturated carbocycles. The maximum absolute atomic E-state index is 8.92. The van der Waals surface area contributed by atoms with E-state index in [1.807, 2.05) is 13.0 Å². The van der Waals surface area contributed by atoms with E-state index in [1.165, 1.54) is 0 Å². The summed E-state index contributed by atoms with van der Waals surface area (Å²) in [7, 11) is 1.69. The molecule has 0 unspecified atom stereocenters. The molecule has 0 aliphatic carbocycles. The fourth-order valence-corrected chi connectivity index (χ4v) is 1.69. The summed E-state index contributed by atoms with van der Waals surface area (Å²) in [5.74, 6) is 0.637. The summed E-state index contributed by atoms with van der Waals surface area (Å²) in [4.78, 5) is 12.3. The van der Waals surface area contributed by atoms with Gasteiger partial charge in [0.05, 0.1) is 28.9 Å². The number of aromatic nitrogens is 3. The van der Waals surface area contributed by atoms with Gasteiger partial charge in [-0.2, -0.15) is 20.2 Å². The molecular weight excluding hydrogens is 292 g/mol. The molecule has 2 rings (SSSR count). The molecular formula is C13H13ClN6O. The van der Waals surface area contributed by atoms with Gasteiger partial charge in [0.25, 0.3) is 0 Å². The van der Waals surface area contributed by atoms with Gasteiger partial charge in [-0.15, -0.1) is 0 Å². The molecule has 0 aliphatic rings. The van der Waals surface area contributed by atoms with Gasteiger partial charge in [-0.3, -0.25) is 0 Å². The van der Waals surface area contributed by atoms with Gasteiger partial charge in [0, 0.05) is 7.05 Å². The second-order valence-electron chi connectivity index (χ2n) is 3.88. The van der Waals surface area contributed by atoms with Crippen LogP contribution in [-0.2, 0) is 0 Å². The minimum Gasteiger partial charge on any atom is -0.464 e. The Morgan fingerprint density at radius 2 is 2.05 bits per heavy atom. The van der Waals surface area contributed by atoms with Crippen LogP contribution in [0.4, 0.5) is 17.6 Å². The Morgan fingerprint density at radius 3 is 2.71 bits per heavy atom. The molecule has 7 nitrogen and oxygen atoms in total. The van der Waals surface area contributed by atoms with E-state index >= 15 is 0 Å². The number of halogens is 1. The summed E-state index contributed by atoms with van der Waals surface area (Å²) in [5, 5.41) is 15.2. The number of hydrogen-bond acceptors (Lipinski definition) is 7. The summed E-state index contributed by atoms with van der Waals surface area (Å²) < 4.78 is 5.27. The summed E-state index contributed by atoms with van der Waals surface area (Å²) >= 11 is 6.09. The molecule has 108 valence electrons. The van der Waals surface area contributed by atoms with Gasteiger partial charge in [-0.1, -0.05) is 11.6 Å². The number of nitrogens with zero attached hydrogens (tertiary/aromatic N) is 4. The minimum absolute atomic E-state index is 0.201. The maximum Gasteiger partial charge on any atom is 0.323 e. The Bertz CT molecular complexity index is 685. The van der Waals surface area contributed by atoms with E-state index in [0.29, 0.717) is 28.8 Å². The van der Waals surface area contributed by atoms with Gasteiger partial charge >= 0.3 is 6.01 Å². The SMILES string of the molecule is CCOc1nc(NC)nc(Nc2cc(C#N)ccc2Cl)n1. The van der Waals surface area contributed by atoms with Crippen molar-refractivity contribution in [2.45, 2.75) is 6.92 Å². The third kappa shape index (κ3) is 3.70. The Hall–Kier alpha value is -2.59. The van der Waals surface area contributed by atoms with Gasteiger partial charge < -0.3 is 15.4 Å². The number of rotatable bonds is 5. The monoisotopic (exact) mass is 304 g/mol. The van der Waals surface area contributed by atoms with E-state index in [9.17, 15) is 0 Å². The largest absolute Gasteiger partial charge is 0.464 e. The van der Waals surface area contributed by atoms with Crippen LogP contribution in [0.2, 0.25) is 5.02 Å². The maximum atomic E-state index is 8.92. The third-order valence-corrected chi connectivity index (χ3v) is 2.78. The molecule has 1 aromatic carbocycles. The summed E-state index contributed by atoms with van der Waals surface area (Å²) in [5.41, 5.74) is 1.02. The van der Waals surface area contributed by atoms with Crippen LogP contribution in [0.25, 0.3) is 0 Å². The first kappa shape index (κ1) is 14.8. The van der Waals surface area contributed by atoms with Crippen molar-refractivity contribution in [1.29, 1.82) is 5.26 Å². The first-order chi connectivity index (χ1) is 10.2. The van der Waals surface area contributed by atoms with Gasteiger partial charge in [-0.05, 0) is 25.1 Å². The lowest BCUT2D eigenvalue weighted by atomic mass is 10.2. The van der Waals surface area contributed by atoms with Gasteiger partial charge in [0.1, 0.15) is 0 Å². The Balaban J connectivity index is 2.34. The fourth-order valence-electron chi connectivity index (χ4n) is 1.53. The van der Waals surface area contributed by atoms with E-state index in [-0.39, 0.29) is 12.0 Å². The minimum atomic E-state index is 0.201. The van der Waals surface area contributed by atoms with Crippen molar-refractivity contribution in [1.82, 2.24) is 15.0 Å². The van der Waals surface area contributed by atoms with Crippen molar-refractivity contribution >= 4 is 29.2 Å². The second-order valence-corrected chi connectivity index (χ2v) is 4.29. The lowest BCUT2D eigenvalue weighted by Crippen LogP contribution is -2.07. The predicted octanol–water partition coefficient (Wildman–Crippen LogP) is 2.58. The molecule has 0 spiro atoms. The van der Waals surface area contributed by atoms with Crippen LogP contribution >= 0.6 is 11.6 Å². The van der Waals surface area contributed by atoms with Crippen molar-refractivity contribution in [3.05, 3.63) is 28.8 Å². The summed E-state index contributed by atoms with van der Waals surface area (Å²) in [6.45, 7) is 2.28. The summed E-state index contributed by atoms with van der Waals surface area (Å²) in [6.07, 6.45) is 0. The first-order valence-electron chi connectivity index (χ1n) is 6.19. The smallest absolute Gasteiger partial charge is 0.323 e. The van der Waals surface area contributed by atoms with E-state index in [1.54, 1.807) is 25.2 Å². The number of nitrogens with one attached hydrogen (secondary N) is 2. The molecule has 0 saturated heterocycles. The first-order valence-corrected chi connectivity index (χ1v) is 6.57. The molecule has 1 aromatic heterocycles. The molecule has 2 N–H and O–H groups in total. The Kier molecular flexibility index (Phi) is 4.74. The fraction of sp³-hybridized carbons (Fsp3) is 0.231. The lowest BCUT2D eigenvalue weighted by Gasteiger charge is -2.10. The molecule has 0 atom stereocenters. The second kappa shape index (κ2) is 6.72. The third-order valence-electron chi connectivity index (χ3n) is 2.45. The highest BCUT2D eigenvalue weighted by Crippen LogP contribution is 2.25. The normalized spacial score (nSPS) is 9.81. The van der Waals surface area contributed by atoms with Crippen molar-refractivity contribution in [3.8, 4) is 12.1 Å². The quantitative estimate of drug-likeness (QED) is 0.876. The van der Waals surface area contributed by atoms with E-state index in [4.69, 9.17) is 21.6 Å². The Morgan fingerprint density at radius 1 is 1.29 bits per heavy atom. The van der Waals surface area contributed by atoms with Crippen molar-refractivity contribution in [2.24, 2.45) is 0 Å². The highest BCUT2D eigenvalue weighted by atomic mass is 35.5. The average Bonchev–Trinajstić information content (AvgIpc) is 2.49. The van der Waals surface area contributed by atoms with Crippen LogP contribution in [-0.4, -0.2) is 28.6 Å². The predicted molar refractivity (Wildman–Crippen MR) is 80.0 cm³/mol. The number of nitriles is 1. The van der Waals surface area contributed by atoms with Crippen molar-refractivity contribution in [2.75, 3.05) is 24.3 Å². The number of anilines is 3. The topological polar surface area (TPSA) is 95.8 Å². The molecule has 0 aliphatic heterocycles. The number of ether oxygens (including phenoxy) is 1. The number of benzene rings is 1. The van der Waals surface area contributed by atoms with Crippen LogP contribution in [0.15, 0.2) is 18.2 Å². The van der Waals surface area contributed by atoms with E-state index < -0.39 is 0 Å². The van der Waals surface area contributed by atoms with E-state index in [2.05, 4.69) is 25.6 Å². The van der Waals surface area contributed by atoms with Gasteiger partial charge in [-0.25, -0.2) is 0 Å². The highest BCUT2D eigenvalue weighted by Gasteiger charge is 2.09. The molecule has 21 heavy (non-hydrogen) atoms. The van der Waals surface area contributed by atoms with Gasteiger partial charge in [0.15, 0.2) is 0 Å². The standard InChI is InChI=1S/C13H13ClN6O/c1-3-21-13-19-11(16-2)18-12(20-13)17-10-6-8(7-15)4-5-9(10)14/h4-6H,3H2,1-2H3,(H2,16,17,18,19,20).